The summed E-state index contributed by atoms with van der Waals surface area (Å²) >= 11 is 6.09. The molecule has 0 aliphatic rings. The first-order valence-electron chi connectivity index (χ1n) is 9.06. The van der Waals surface area contributed by atoms with Crippen LogP contribution in [0, 0.1) is 0 Å². The van der Waals surface area contributed by atoms with Crippen molar-refractivity contribution in [1.29, 1.82) is 0 Å². The molecule has 0 amide bonds. The monoisotopic (exact) mass is 364 g/mol. The van der Waals surface area contributed by atoms with Crippen molar-refractivity contribution in [3.05, 3.63) is 108 Å². The Kier molecular flexibility index (Phi) is 3.92. The van der Waals surface area contributed by atoms with Crippen LogP contribution in [0.1, 0.15) is 0 Å². The van der Waals surface area contributed by atoms with E-state index < -0.39 is 0 Å². The molecule has 5 aromatic carbocycles. The van der Waals surface area contributed by atoms with Gasteiger partial charge in [-0.15, -0.1) is 0 Å². The first-order valence-corrected chi connectivity index (χ1v) is 9.44. The Balaban J connectivity index is 1.80. The topological polar surface area (TPSA) is 0 Å². The summed E-state index contributed by atoms with van der Waals surface area (Å²) in [6, 6.07) is 36.3. The molecule has 27 heavy (non-hydrogen) atoms. The van der Waals surface area contributed by atoms with E-state index in [0.717, 1.165) is 5.02 Å². The largest absolute Gasteiger partial charge is 0.0843 e. The van der Waals surface area contributed by atoms with Gasteiger partial charge in [-0.1, -0.05) is 90.5 Å². The Bertz CT molecular complexity index is 1250. The molecule has 0 saturated carbocycles. The second kappa shape index (κ2) is 6.57. The third-order valence-corrected chi connectivity index (χ3v) is 5.37. The molecule has 0 aliphatic carbocycles. The van der Waals surface area contributed by atoms with Crippen LogP contribution in [0.4, 0.5) is 0 Å². The lowest BCUT2D eigenvalue weighted by atomic mass is 9.91. The lowest BCUT2D eigenvalue weighted by Gasteiger charge is -2.12. The molecule has 0 radical (unpaired) electrons. The highest BCUT2D eigenvalue weighted by Crippen LogP contribution is 2.37. The zero-order valence-corrected chi connectivity index (χ0v) is 15.4. The van der Waals surface area contributed by atoms with Crippen molar-refractivity contribution in [2.45, 2.75) is 0 Å². The lowest BCUT2D eigenvalue weighted by Crippen LogP contribution is -1.86. The van der Waals surface area contributed by atoms with Crippen LogP contribution in [0.5, 0.6) is 0 Å². The molecule has 0 unspecified atom stereocenters. The maximum atomic E-state index is 6.09. The molecule has 0 heterocycles. The summed E-state index contributed by atoms with van der Waals surface area (Å²) in [6.45, 7) is 0. The van der Waals surface area contributed by atoms with Crippen molar-refractivity contribution >= 4 is 33.1 Å². The van der Waals surface area contributed by atoms with E-state index >= 15 is 0 Å². The van der Waals surface area contributed by atoms with Gasteiger partial charge in [-0.25, -0.2) is 0 Å². The van der Waals surface area contributed by atoms with E-state index in [9.17, 15) is 0 Å². The van der Waals surface area contributed by atoms with Gasteiger partial charge in [0, 0.05) is 5.02 Å². The summed E-state index contributed by atoms with van der Waals surface area (Å²) in [7, 11) is 0. The van der Waals surface area contributed by atoms with E-state index in [-0.39, 0.29) is 0 Å². The molecule has 0 aromatic heterocycles. The normalized spacial score (nSPS) is 11.1. The molecule has 0 atom stereocenters. The maximum absolute atomic E-state index is 6.09. The van der Waals surface area contributed by atoms with Gasteiger partial charge in [-0.05, 0) is 68.1 Å². The van der Waals surface area contributed by atoms with E-state index in [4.69, 9.17) is 11.6 Å². The number of hydrogen-bond donors (Lipinski definition) is 0. The summed E-state index contributed by atoms with van der Waals surface area (Å²) in [5.74, 6) is 0. The van der Waals surface area contributed by atoms with Crippen molar-refractivity contribution in [3.63, 3.8) is 0 Å². The van der Waals surface area contributed by atoms with Crippen molar-refractivity contribution in [2.75, 3.05) is 0 Å². The van der Waals surface area contributed by atoms with E-state index in [1.165, 1.54) is 43.8 Å². The molecular weight excluding hydrogens is 348 g/mol. The minimum atomic E-state index is 0.761. The highest BCUT2D eigenvalue weighted by atomic mass is 35.5. The average molecular weight is 365 g/mol. The zero-order chi connectivity index (χ0) is 18.2. The van der Waals surface area contributed by atoms with Crippen molar-refractivity contribution < 1.29 is 0 Å². The predicted molar refractivity (Wildman–Crippen MR) is 117 cm³/mol. The summed E-state index contributed by atoms with van der Waals surface area (Å²) in [6.07, 6.45) is 0. The summed E-state index contributed by atoms with van der Waals surface area (Å²) in [5, 5.41) is 5.83. The minimum absolute atomic E-state index is 0.761. The summed E-state index contributed by atoms with van der Waals surface area (Å²) in [4.78, 5) is 0. The van der Waals surface area contributed by atoms with Gasteiger partial charge >= 0.3 is 0 Å². The van der Waals surface area contributed by atoms with Crippen LogP contribution in [0.2, 0.25) is 5.02 Å². The number of hydrogen-bond acceptors (Lipinski definition) is 0. The number of rotatable bonds is 2. The maximum Gasteiger partial charge on any atom is 0.0406 e. The van der Waals surface area contributed by atoms with Crippen LogP contribution in [0.25, 0.3) is 43.8 Å². The Morgan fingerprint density at radius 2 is 1.11 bits per heavy atom. The van der Waals surface area contributed by atoms with Crippen LogP contribution >= 0.6 is 11.6 Å². The molecule has 5 rings (SSSR count). The Morgan fingerprint density at radius 1 is 0.444 bits per heavy atom. The molecule has 0 N–H and O–H groups in total. The second-order valence-electron chi connectivity index (χ2n) is 6.78. The van der Waals surface area contributed by atoms with E-state index in [1.54, 1.807) is 0 Å². The fourth-order valence-electron chi connectivity index (χ4n) is 3.78. The molecule has 1 heteroatoms. The Hall–Kier alpha value is -3.09. The molecule has 0 fully saturated rings. The summed E-state index contributed by atoms with van der Waals surface area (Å²) < 4.78 is 0. The first-order chi connectivity index (χ1) is 13.3. The van der Waals surface area contributed by atoms with E-state index in [2.05, 4.69) is 91.0 Å². The van der Waals surface area contributed by atoms with Crippen LogP contribution in [-0.2, 0) is 0 Å². The molecule has 5 aromatic rings. The standard InChI is InChI=1S/C26H17Cl/c27-22-14-12-19(13-15-22)25-17-21-11-10-20(18-6-2-1-3-7-18)16-26(21)24-9-5-4-8-23(24)25/h1-17H. The van der Waals surface area contributed by atoms with Crippen LogP contribution < -0.4 is 0 Å². The second-order valence-corrected chi connectivity index (χ2v) is 7.21. The SMILES string of the molecule is Clc1ccc(-c2cc3ccc(-c4ccccc4)cc3c3ccccc23)cc1. The van der Waals surface area contributed by atoms with Gasteiger partial charge in [0.2, 0.25) is 0 Å². The fraction of sp³-hybridized carbons (Fsp3) is 0. The van der Waals surface area contributed by atoms with Gasteiger partial charge in [0.15, 0.2) is 0 Å². The predicted octanol–water partition coefficient (Wildman–Crippen LogP) is 7.98. The van der Waals surface area contributed by atoms with Gasteiger partial charge < -0.3 is 0 Å². The van der Waals surface area contributed by atoms with Crippen molar-refractivity contribution in [2.24, 2.45) is 0 Å². The fourth-order valence-corrected chi connectivity index (χ4v) is 3.91. The molecule has 0 spiro atoms. The van der Waals surface area contributed by atoms with Crippen molar-refractivity contribution in [3.8, 4) is 22.3 Å². The van der Waals surface area contributed by atoms with Crippen molar-refractivity contribution in [1.82, 2.24) is 0 Å². The van der Waals surface area contributed by atoms with Gasteiger partial charge in [0.05, 0.1) is 0 Å². The molecule has 0 nitrogen and oxygen atoms in total. The van der Waals surface area contributed by atoms with Gasteiger partial charge in [-0.3, -0.25) is 0 Å². The Morgan fingerprint density at radius 3 is 1.89 bits per heavy atom. The van der Waals surface area contributed by atoms with E-state index in [1.807, 2.05) is 12.1 Å². The minimum Gasteiger partial charge on any atom is -0.0843 e. The number of benzene rings is 5. The number of fused-ring (bicyclic) bond motifs is 3. The molecule has 0 bridgehead atoms. The molecule has 0 aliphatic heterocycles. The number of halogens is 1. The zero-order valence-electron chi connectivity index (χ0n) is 14.7. The molecule has 0 saturated heterocycles. The third kappa shape index (κ3) is 2.89. The quantitative estimate of drug-likeness (QED) is 0.278. The molecule has 128 valence electrons. The molecular formula is C26H17Cl. The van der Waals surface area contributed by atoms with Crippen LogP contribution in [-0.4, -0.2) is 0 Å². The van der Waals surface area contributed by atoms with Gasteiger partial charge in [-0.2, -0.15) is 0 Å². The highest BCUT2D eigenvalue weighted by molar-refractivity contribution is 6.30. The third-order valence-electron chi connectivity index (χ3n) is 5.12. The van der Waals surface area contributed by atoms with E-state index in [0.29, 0.717) is 0 Å². The Labute approximate surface area is 163 Å². The smallest absolute Gasteiger partial charge is 0.0406 e. The lowest BCUT2D eigenvalue weighted by molar-refractivity contribution is 1.64. The van der Waals surface area contributed by atoms with Crippen LogP contribution in [0.15, 0.2) is 103 Å². The first kappa shape index (κ1) is 16.1. The average Bonchev–Trinajstić information content (AvgIpc) is 2.74. The van der Waals surface area contributed by atoms with Gasteiger partial charge in [0.1, 0.15) is 0 Å². The van der Waals surface area contributed by atoms with Crippen LogP contribution in [0.3, 0.4) is 0 Å². The highest BCUT2D eigenvalue weighted by Gasteiger charge is 2.09. The summed E-state index contributed by atoms with van der Waals surface area (Å²) in [5.41, 5.74) is 4.91. The van der Waals surface area contributed by atoms with Gasteiger partial charge in [0.25, 0.3) is 0 Å².